The van der Waals surface area contributed by atoms with Crippen molar-refractivity contribution in [3.8, 4) is 12.3 Å². The van der Waals surface area contributed by atoms with Crippen LogP contribution in [0.1, 0.15) is 65.9 Å². The Morgan fingerprint density at radius 1 is 1.12 bits per heavy atom. The molecule has 1 aliphatic carbocycles. The number of rotatable bonds is 11. The van der Waals surface area contributed by atoms with Gasteiger partial charge in [-0.15, -0.1) is 6.42 Å². The molecule has 9 heteroatoms. The van der Waals surface area contributed by atoms with Crippen molar-refractivity contribution in [1.29, 1.82) is 0 Å². The normalized spacial score (nSPS) is 22.9. The van der Waals surface area contributed by atoms with Crippen molar-refractivity contribution in [2.45, 2.75) is 69.0 Å². The van der Waals surface area contributed by atoms with Gasteiger partial charge in [-0.3, -0.25) is 9.59 Å². The zero-order valence-electron chi connectivity index (χ0n) is 23.8. The predicted octanol–water partition coefficient (Wildman–Crippen LogP) is 4.91. The highest BCUT2D eigenvalue weighted by molar-refractivity contribution is 7.88. The lowest BCUT2D eigenvalue weighted by Gasteiger charge is -2.48. The molecule has 42 heavy (non-hydrogen) atoms. The van der Waals surface area contributed by atoms with Gasteiger partial charge in [-0.2, -0.15) is 0 Å². The first-order chi connectivity index (χ1) is 20.2. The van der Waals surface area contributed by atoms with Crippen molar-refractivity contribution in [3.05, 3.63) is 94.5 Å². The van der Waals surface area contributed by atoms with Gasteiger partial charge >= 0.3 is 0 Å². The van der Waals surface area contributed by atoms with E-state index in [1.165, 1.54) is 11.6 Å². The molecule has 4 rings (SSSR count). The van der Waals surface area contributed by atoms with Crippen LogP contribution in [0.5, 0.6) is 0 Å². The minimum atomic E-state index is -3.52. The molecule has 1 heterocycles. The molecule has 2 amide bonds. The van der Waals surface area contributed by atoms with Crippen LogP contribution in [0.3, 0.4) is 0 Å². The fourth-order valence-electron chi connectivity index (χ4n) is 6.15. The maximum Gasteiger partial charge on any atom is 0.254 e. The lowest BCUT2D eigenvalue weighted by molar-refractivity contribution is -0.124. The zero-order chi connectivity index (χ0) is 30.1. The summed E-state index contributed by atoms with van der Waals surface area (Å²) in [6.45, 7) is 0.487. The van der Waals surface area contributed by atoms with E-state index in [4.69, 9.17) is 18.0 Å². The van der Waals surface area contributed by atoms with Crippen molar-refractivity contribution < 1.29 is 18.0 Å². The van der Waals surface area contributed by atoms with Gasteiger partial charge in [0.1, 0.15) is 0 Å². The van der Waals surface area contributed by atoms with Crippen LogP contribution in [0.25, 0.3) is 0 Å². The summed E-state index contributed by atoms with van der Waals surface area (Å²) in [4.78, 5) is 29.9. The molecule has 0 saturated heterocycles. The van der Waals surface area contributed by atoms with Crippen molar-refractivity contribution >= 4 is 33.4 Å². The quantitative estimate of drug-likeness (QED) is 0.216. The third-order valence-corrected chi connectivity index (χ3v) is 8.86. The summed E-state index contributed by atoms with van der Waals surface area (Å²) in [7, 11) is -3.52. The van der Waals surface area contributed by atoms with Gasteiger partial charge in [-0.05, 0) is 55.4 Å². The maximum absolute atomic E-state index is 14.2. The number of hydrogen-bond donors (Lipinski definition) is 2. The fourth-order valence-corrected chi connectivity index (χ4v) is 7.12. The van der Waals surface area contributed by atoms with Gasteiger partial charge in [0.05, 0.1) is 18.2 Å². The number of aryl methyl sites for hydroxylation is 1. The van der Waals surface area contributed by atoms with Crippen LogP contribution in [0.15, 0.2) is 77.9 Å². The summed E-state index contributed by atoms with van der Waals surface area (Å²) in [6, 6.07) is 15.9. The minimum absolute atomic E-state index is 0.167. The molecule has 2 N–H and O–H groups in total. The third-order valence-electron chi connectivity index (χ3n) is 7.90. The molecule has 1 aliphatic heterocycles. The monoisotopic (exact) mass is 607 g/mol. The number of terminal acetylenes is 1. The standard InChI is InChI=1S/C33H38ClN3O4S/c1-3-13-25(34)17-11-22-30-31(32(38)35-23-12-16-24-14-5-4-6-15-24)26-18-7-8-19-27(26)33(39)37(30)29-21-10-9-20-28(29)36-42(2,40)41/h1,4-8,11,13-15,17-19,28-31,36H,9-10,12,16,20-23H2,2H3,(H,35,38)/b17-11-,25-13+/t28-,29-,30-,31+/m0/s1. The number of allylic oxidation sites excluding steroid dienone is 3. The summed E-state index contributed by atoms with van der Waals surface area (Å²) < 4.78 is 27.4. The molecule has 222 valence electrons. The molecule has 2 aliphatic rings. The van der Waals surface area contributed by atoms with E-state index < -0.39 is 34.1 Å². The second-order valence-corrected chi connectivity index (χ2v) is 13.1. The first-order valence-electron chi connectivity index (χ1n) is 14.4. The fraction of sp³-hybridized carbons (Fsp3) is 0.394. The van der Waals surface area contributed by atoms with Gasteiger partial charge < -0.3 is 10.2 Å². The molecular formula is C33H38ClN3O4S. The number of nitrogens with zero attached hydrogens (tertiary/aromatic N) is 1. The van der Waals surface area contributed by atoms with Gasteiger partial charge in [-0.1, -0.05) is 85.0 Å². The number of amides is 2. The highest BCUT2D eigenvalue weighted by atomic mass is 35.5. The summed E-state index contributed by atoms with van der Waals surface area (Å²) in [5.74, 6) is 1.37. The molecule has 0 bridgehead atoms. The van der Waals surface area contributed by atoms with E-state index in [1.54, 1.807) is 23.1 Å². The lowest BCUT2D eigenvalue weighted by atomic mass is 9.77. The van der Waals surface area contributed by atoms with E-state index in [0.29, 0.717) is 42.0 Å². The van der Waals surface area contributed by atoms with Crippen LogP contribution in [-0.4, -0.2) is 56.1 Å². The first kappa shape index (κ1) is 31.6. The summed E-state index contributed by atoms with van der Waals surface area (Å²) in [5.41, 5.74) is 2.34. The minimum Gasteiger partial charge on any atom is -0.355 e. The third kappa shape index (κ3) is 8.13. The molecule has 0 radical (unpaired) electrons. The highest BCUT2D eigenvalue weighted by Gasteiger charge is 2.47. The van der Waals surface area contributed by atoms with Crippen LogP contribution < -0.4 is 10.0 Å². The second-order valence-electron chi connectivity index (χ2n) is 10.9. The SMILES string of the molecule is C#C/C=C(Cl)\C=C/C[C@H]1[C@H](C(=O)NCCCc2ccccc2)c2ccccc2C(=O)N1[C@H]1CCCC[C@@H]1NS(C)(=O)=O. The van der Waals surface area contributed by atoms with Crippen LogP contribution in [0.2, 0.25) is 0 Å². The van der Waals surface area contributed by atoms with Crippen LogP contribution in [0.4, 0.5) is 0 Å². The van der Waals surface area contributed by atoms with E-state index in [-0.39, 0.29) is 11.8 Å². The Balaban J connectivity index is 1.68. The number of nitrogens with one attached hydrogen (secondary N) is 2. The zero-order valence-corrected chi connectivity index (χ0v) is 25.4. The van der Waals surface area contributed by atoms with Crippen LogP contribution >= 0.6 is 11.6 Å². The van der Waals surface area contributed by atoms with Crippen molar-refractivity contribution in [1.82, 2.24) is 14.9 Å². The van der Waals surface area contributed by atoms with Crippen molar-refractivity contribution in [3.63, 3.8) is 0 Å². The Labute approximate surface area is 254 Å². The molecule has 0 unspecified atom stereocenters. The average Bonchev–Trinajstić information content (AvgIpc) is 2.96. The molecular weight excluding hydrogens is 570 g/mol. The van der Waals surface area contributed by atoms with E-state index in [9.17, 15) is 18.0 Å². The van der Waals surface area contributed by atoms with E-state index in [0.717, 1.165) is 31.9 Å². The topological polar surface area (TPSA) is 95.6 Å². The van der Waals surface area contributed by atoms with Gasteiger partial charge in [0.2, 0.25) is 15.9 Å². The van der Waals surface area contributed by atoms with Crippen molar-refractivity contribution in [2.75, 3.05) is 12.8 Å². The summed E-state index contributed by atoms with van der Waals surface area (Å²) in [5, 5.41) is 3.49. The maximum atomic E-state index is 14.2. The smallest absolute Gasteiger partial charge is 0.254 e. The van der Waals surface area contributed by atoms with E-state index in [1.807, 2.05) is 36.4 Å². The number of sulfonamides is 1. The van der Waals surface area contributed by atoms with E-state index in [2.05, 4.69) is 28.1 Å². The first-order valence-corrected chi connectivity index (χ1v) is 16.7. The molecule has 1 saturated carbocycles. The van der Waals surface area contributed by atoms with Gasteiger partial charge in [0.15, 0.2) is 0 Å². The number of halogens is 1. The van der Waals surface area contributed by atoms with Crippen molar-refractivity contribution in [2.24, 2.45) is 0 Å². The molecule has 0 aromatic heterocycles. The molecule has 4 atom stereocenters. The summed E-state index contributed by atoms with van der Waals surface area (Å²) >= 11 is 6.22. The lowest BCUT2D eigenvalue weighted by Crippen LogP contribution is -2.62. The van der Waals surface area contributed by atoms with Gasteiger partial charge in [0, 0.05) is 35.3 Å². The molecule has 0 spiro atoms. The van der Waals surface area contributed by atoms with Gasteiger partial charge in [0.25, 0.3) is 5.91 Å². The molecule has 2 aromatic carbocycles. The predicted molar refractivity (Wildman–Crippen MR) is 167 cm³/mol. The molecule has 1 fully saturated rings. The van der Waals surface area contributed by atoms with Crippen LogP contribution in [-0.2, 0) is 21.2 Å². The van der Waals surface area contributed by atoms with E-state index >= 15 is 0 Å². The number of fused-ring (bicyclic) bond motifs is 1. The van der Waals surface area contributed by atoms with Crippen LogP contribution in [0, 0.1) is 12.3 Å². The number of carbonyl (C=O) groups is 2. The molecule has 2 aromatic rings. The Hall–Kier alpha value is -3.38. The number of benzene rings is 2. The Kier molecular flexibility index (Phi) is 11.0. The Morgan fingerprint density at radius 3 is 2.57 bits per heavy atom. The average molecular weight is 608 g/mol. The Bertz CT molecular complexity index is 1470. The second kappa shape index (κ2) is 14.7. The molecule has 7 nitrogen and oxygen atoms in total. The largest absolute Gasteiger partial charge is 0.355 e. The Morgan fingerprint density at radius 2 is 1.83 bits per heavy atom. The highest BCUT2D eigenvalue weighted by Crippen LogP contribution is 2.39. The van der Waals surface area contributed by atoms with Gasteiger partial charge in [-0.25, -0.2) is 13.1 Å². The number of carbonyl (C=O) groups excluding carboxylic acids is 2. The number of hydrogen-bond acceptors (Lipinski definition) is 4. The summed E-state index contributed by atoms with van der Waals surface area (Å²) in [6.07, 6.45) is 16.3.